The molecule has 19 nitrogen and oxygen atoms in total. The standard InChI is InChI=1S/C52H91NO18/c1-3-5-7-9-11-13-15-16-17-18-19-20-21-23-25-27-29-36(57)35(53-40(58)30-28-26-24-22-14-12-10-8-6-4-2)34-66-50-46(64)43(61)48(38(32-55)68-50)71-52-47(65)44(62)49(39(33-56)69-52)70-51-45(63)42(60)41(59)37(31-54)67-51/h8,10,16-17,20-21,27,29,35-39,41-52,54-57,59-65H,3-7,9,11-15,18-19,22-26,28,30-34H2,1-2H3,(H,53,58)/b10-8-,17-16+,21-20+,29-27+. The van der Waals surface area contributed by atoms with Gasteiger partial charge in [-0.25, -0.2) is 0 Å². The first-order valence-corrected chi connectivity index (χ1v) is 26.4. The zero-order valence-corrected chi connectivity index (χ0v) is 42.2. The summed E-state index contributed by atoms with van der Waals surface area (Å²) in [7, 11) is 0. The van der Waals surface area contributed by atoms with E-state index < -0.39 is 124 Å². The molecule has 0 bridgehead atoms. The Bertz CT molecular complexity index is 1500. The van der Waals surface area contributed by atoms with Crippen LogP contribution in [0.5, 0.6) is 0 Å². The van der Waals surface area contributed by atoms with Gasteiger partial charge >= 0.3 is 0 Å². The van der Waals surface area contributed by atoms with Crippen molar-refractivity contribution < 1.29 is 89.4 Å². The van der Waals surface area contributed by atoms with E-state index in [0.29, 0.717) is 12.8 Å². The lowest BCUT2D eigenvalue weighted by Crippen LogP contribution is -2.66. The summed E-state index contributed by atoms with van der Waals surface area (Å²) in [6.07, 6.45) is 9.82. The monoisotopic (exact) mass is 1020 g/mol. The number of hydrogen-bond acceptors (Lipinski definition) is 18. The molecular formula is C52H91NO18. The smallest absolute Gasteiger partial charge is 0.220 e. The van der Waals surface area contributed by atoms with Gasteiger partial charge in [0.15, 0.2) is 18.9 Å². The number of unbranched alkanes of at least 4 members (excludes halogenated alkanes) is 14. The quantitative estimate of drug-likeness (QED) is 0.0317. The SMILES string of the molecule is CCC/C=C\CCCCCCCC(=O)NC(COC1OC(CO)C(OC2OC(CO)C(OC3OC(CO)C(O)C(O)C3O)C(O)C2O)C(O)C1O)C(O)/C=C/CC/C=C/CC/C=C/CCCCCCCC. The van der Waals surface area contributed by atoms with Gasteiger partial charge in [0.1, 0.15) is 73.2 Å². The molecule has 3 rings (SSSR count). The molecule has 3 aliphatic rings. The number of aliphatic hydroxyl groups excluding tert-OH is 11. The van der Waals surface area contributed by atoms with Crippen LogP contribution in [0, 0.1) is 0 Å². The Morgan fingerprint density at radius 3 is 1.46 bits per heavy atom. The van der Waals surface area contributed by atoms with Gasteiger partial charge in [0.25, 0.3) is 0 Å². The maximum absolute atomic E-state index is 13.2. The van der Waals surface area contributed by atoms with Crippen LogP contribution < -0.4 is 5.32 Å². The zero-order valence-electron chi connectivity index (χ0n) is 42.2. The predicted molar refractivity (Wildman–Crippen MR) is 263 cm³/mol. The number of amides is 1. The first-order valence-electron chi connectivity index (χ1n) is 26.4. The molecule has 3 heterocycles. The van der Waals surface area contributed by atoms with Crippen LogP contribution in [0.15, 0.2) is 48.6 Å². The van der Waals surface area contributed by atoms with Crippen LogP contribution in [0.4, 0.5) is 0 Å². The summed E-state index contributed by atoms with van der Waals surface area (Å²) in [6.45, 7) is 1.56. The molecule has 0 saturated carbocycles. The highest BCUT2D eigenvalue weighted by Crippen LogP contribution is 2.33. The molecule has 412 valence electrons. The van der Waals surface area contributed by atoms with Crippen LogP contribution in [-0.4, -0.2) is 193 Å². The number of allylic oxidation sites excluding steroid dienone is 7. The van der Waals surface area contributed by atoms with Gasteiger partial charge in [-0.2, -0.15) is 0 Å². The third-order valence-electron chi connectivity index (χ3n) is 13.1. The number of hydrogen-bond donors (Lipinski definition) is 12. The number of ether oxygens (including phenoxy) is 6. The van der Waals surface area contributed by atoms with Crippen LogP contribution in [0.1, 0.15) is 142 Å². The fourth-order valence-corrected chi connectivity index (χ4v) is 8.63. The molecule has 0 aromatic carbocycles. The van der Waals surface area contributed by atoms with E-state index in [1.54, 1.807) is 6.08 Å². The van der Waals surface area contributed by atoms with Crippen molar-refractivity contribution in [2.45, 2.75) is 247 Å². The summed E-state index contributed by atoms with van der Waals surface area (Å²) in [4.78, 5) is 13.2. The first kappa shape index (κ1) is 63.0. The Labute approximate surface area is 421 Å². The van der Waals surface area contributed by atoms with E-state index in [9.17, 15) is 61.0 Å². The second-order valence-electron chi connectivity index (χ2n) is 19.0. The Balaban J connectivity index is 1.57. The van der Waals surface area contributed by atoms with Gasteiger partial charge in [0.2, 0.25) is 5.91 Å². The van der Waals surface area contributed by atoms with Crippen molar-refractivity contribution in [1.29, 1.82) is 0 Å². The maximum Gasteiger partial charge on any atom is 0.220 e. The van der Waals surface area contributed by atoms with Crippen LogP contribution in [0.25, 0.3) is 0 Å². The molecule has 71 heavy (non-hydrogen) atoms. The van der Waals surface area contributed by atoms with Gasteiger partial charge in [-0.1, -0.05) is 120 Å². The number of rotatable bonds is 36. The Kier molecular flexibility index (Phi) is 32.5. The second-order valence-corrected chi connectivity index (χ2v) is 19.0. The van der Waals surface area contributed by atoms with E-state index in [0.717, 1.165) is 70.6 Å². The van der Waals surface area contributed by atoms with Gasteiger partial charge in [-0.05, 0) is 64.2 Å². The minimum absolute atomic E-state index is 0.219. The molecule has 1 amide bonds. The molecule has 3 aliphatic heterocycles. The second kappa shape index (κ2) is 36.7. The third-order valence-corrected chi connectivity index (χ3v) is 13.1. The molecule has 3 fully saturated rings. The number of carbonyl (C=O) groups is 1. The van der Waals surface area contributed by atoms with E-state index in [4.69, 9.17) is 28.4 Å². The van der Waals surface area contributed by atoms with Gasteiger partial charge < -0.3 is 89.9 Å². The van der Waals surface area contributed by atoms with Crippen molar-refractivity contribution in [3.8, 4) is 0 Å². The van der Waals surface area contributed by atoms with E-state index >= 15 is 0 Å². The molecule has 12 N–H and O–H groups in total. The van der Waals surface area contributed by atoms with Gasteiger partial charge in [-0.15, -0.1) is 0 Å². The molecule has 0 aromatic heterocycles. The molecule has 0 spiro atoms. The van der Waals surface area contributed by atoms with Crippen molar-refractivity contribution in [3.05, 3.63) is 48.6 Å². The van der Waals surface area contributed by atoms with Crippen LogP contribution in [-0.2, 0) is 33.2 Å². The lowest BCUT2D eigenvalue weighted by molar-refractivity contribution is -0.379. The predicted octanol–water partition coefficient (Wildman–Crippen LogP) is 2.36. The maximum atomic E-state index is 13.2. The largest absolute Gasteiger partial charge is 0.394 e. The highest BCUT2D eigenvalue weighted by Gasteiger charge is 2.53. The number of nitrogens with one attached hydrogen (secondary N) is 1. The third kappa shape index (κ3) is 22.2. The highest BCUT2D eigenvalue weighted by atomic mass is 16.8. The minimum atomic E-state index is -1.98. The Hall–Kier alpha value is -2.25. The topological polar surface area (TPSA) is 307 Å². The molecule has 3 saturated heterocycles. The van der Waals surface area contributed by atoms with Gasteiger partial charge in [0.05, 0.1) is 38.6 Å². The van der Waals surface area contributed by atoms with E-state index in [-0.39, 0.29) is 18.9 Å². The summed E-state index contributed by atoms with van der Waals surface area (Å²) < 4.78 is 34.1. The zero-order chi connectivity index (χ0) is 52.0. The molecule has 0 aromatic rings. The summed E-state index contributed by atoms with van der Waals surface area (Å²) in [5, 5.41) is 120. The van der Waals surface area contributed by atoms with Gasteiger partial charge in [-0.3, -0.25) is 4.79 Å². The fraction of sp³-hybridized carbons (Fsp3) is 0.827. The van der Waals surface area contributed by atoms with E-state index in [1.165, 1.54) is 38.5 Å². The van der Waals surface area contributed by atoms with E-state index in [2.05, 4.69) is 55.6 Å². The molecule has 19 heteroatoms. The highest BCUT2D eigenvalue weighted by molar-refractivity contribution is 5.76. The molecular weight excluding hydrogens is 927 g/mol. The fourth-order valence-electron chi connectivity index (χ4n) is 8.63. The lowest BCUT2D eigenvalue weighted by Gasteiger charge is -2.48. The molecule has 0 aliphatic carbocycles. The average molecular weight is 1020 g/mol. The minimum Gasteiger partial charge on any atom is -0.394 e. The van der Waals surface area contributed by atoms with Crippen LogP contribution in [0.3, 0.4) is 0 Å². The first-order chi connectivity index (χ1) is 34.3. The van der Waals surface area contributed by atoms with Crippen molar-refractivity contribution in [2.75, 3.05) is 26.4 Å². The van der Waals surface area contributed by atoms with Crippen molar-refractivity contribution >= 4 is 5.91 Å². The molecule has 17 atom stereocenters. The molecule has 17 unspecified atom stereocenters. The number of aliphatic hydroxyl groups is 11. The van der Waals surface area contributed by atoms with Crippen LogP contribution in [0.2, 0.25) is 0 Å². The van der Waals surface area contributed by atoms with Gasteiger partial charge in [0, 0.05) is 6.42 Å². The van der Waals surface area contributed by atoms with E-state index in [1.807, 2.05) is 6.08 Å². The number of carbonyl (C=O) groups excluding carboxylic acids is 1. The van der Waals surface area contributed by atoms with Crippen molar-refractivity contribution in [2.24, 2.45) is 0 Å². The lowest BCUT2D eigenvalue weighted by atomic mass is 9.96. The summed E-state index contributed by atoms with van der Waals surface area (Å²) in [6, 6.07) is -0.998. The summed E-state index contributed by atoms with van der Waals surface area (Å²) in [5.41, 5.74) is 0. The Morgan fingerprint density at radius 1 is 0.493 bits per heavy atom. The normalized spacial score (nSPS) is 32.7. The Morgan fingerprint density at radius 2 is 0.930 bits per heavy atom. The summed E-state index contributed by atoms with van der Waals surface area (Å²) >= 11 is 0. The average Bonchev–Trinajstić information content (AvgIpc) is 3.36. The van der Waals surface area contributed by atoms with Crippen LogP contribution >= 0.6 is 0 Å². The van der Waals surface area contributed by atoms with Crippen molar-refractivity contribution in [3.63, 3.8) is 0 Å². The summed E-state index contributed by atoms with van der Waals surface area (Å²) in [5.74, 6) is -0.306. The van der Waals surface area contributed by atoms with Crippen molar-refractivity contribution in [1.82, 2.24) is 5.32 Å². The molecule has 0 radical (unpaired) electrons.